The van der Waals surface area contributed by atoms with Gasteiger partial charge >= 0.3 is 11.9 Å². The highest BCUT2D eigenvalue weighted by Crippen LogP contribution is 1.98. The second-order valence-corrected chi connectivity index (χ2v) is 4.29. The molecule has 0 fully saturated rings. The second kappa shape index (κ2) is 13.4. The van der Waals surface area contributed by atoms with Crippen LogP contribution in [-0.2, 0) is 9.59 Å². The third kappa shape index (κ3) is 15.1. The zero-order chi connectivity index (χ0) is 18.2. The van der Waals surface area contributed by atoms with E-state index in [2.05, 4.69) is 20.4 Å². The highest BCUT2D eigenvalue weighted by molar-refractivity contribution is 5.67. The summed E-state index contributed by atoms with van der Waals surface area (Å²) in [5.41, 5.74) is 10.4. The molecule has 0 atom stereocenters. The predicted octanol–water partition coefficient (Wildman–Crippen LogP) is 0.834. The molecule has 2 rings (SSSR count). The van der Waals surface area contributed by atoms with Crippen LogP contribution in [0.15, 0.2) is 36.7 Å². The number of aromatic nitrogens is 4. The molecular weight excluding hydrogens is 316 g/mol. The van der Waals surface area contributed by atoms with Crippen LogP contribution >= 0.6 is 0 Å². The molecule has 6 N–H and O–H groups in total. The molecule has 130 valence electrons. The van der Waals surface area contributed by atoms with Crippen molar-refractivity contribution in [3.63, 3.8) is 0 Å². The number of rotatable bonds is 5. The summed E-state index contributed by atoms with van der Waals surface area (Å²) in [5, 5.41) is 30.3. The molecule has 10 nitrogen and oxygen atoms in total. The van der Waals surface area contributed by atoms with Crippen molar-refractivity contribution in [3.05, 3.63) is 36.7 Å². The smallest absolute Gasteiger partial charge is 0.303 e. The van der Waals surface area contributed by atoms with Crippen LogP contribution in [-0.4, -0.2) is 42.5 Å². The summed E-state index contributed by atoms with van der Waals surface area (Å²) in [6.07, 6.45) is 4.18. The van der Waals surface area contributed by atoms with E-state index < -0.39 is 11.9 Å². The lowest BCUT2D eigenvalue weighted by molar-refractivity contribution is -0.139. The van der Waals surface area contributed by atoms with Crippen LogP contribution in [0.25, 0.3) is 0 Å². The van der Waals surface area contributed by atoms with E-state index in [0.717, 1.165) is 0 Å². The first kappa shape index (κ1) is 20.7. The third-order valence-corrected chi connectivity index (χ3v) is 2.22. The topological polar surface area (TPSA) is 178 Å². The number of unbranched alkanes of at least 4 members (excludes halogenated alkanes) is 1. The Labute approximate surface area is 138 Å². The normalized spacial score (nSPS) is 8.83. The van der Waals surface area contributed by atoms with Gasteiger partial charge in [-0.25, -0.2) is 0 Å². The summed E-state index contributed by atoms with van der Waals surface area (Å²) in [6.45, 7) is 0. The maximum absolute atomic E-state index is 9.90. The van der Waals surface area contributed by atoms with Crippen molar-refractivity contribution in [3.8, 4) is 0 Å². The first-order valence-electron chi connectivity index (χ1n) is 6.91. The maximum atomic E-state index is 9.90. The summed E-state index contributed by atoms with van der Waals surface area (Å²) in [6, 6.07) is 6.85. The van der Waals surface area contributed by atoms with Crippen LogP contribution < -0.4 is 11.5 Å². The number of carboxylic acid groups (broad SMARTS) is 2. The lowest BCUT2D eigenvalue weighted by Gasteiger charge is -1.92. The largest absolute Gasteiger partial charge is 0.481 e. The van der Waals surface area contributed by atoms with Crippen molar-refractivity contribution in [2.75, 3.05) is 11.5 Å². The van der Waals surface area contributed by atoms with Gasteiger partial charge in [0.25, 0.3) is 0 Å². The average Bonchev–Trinajstić information content (AvgIpc) is 2.54. The molecule has 0 saturated carbocycles. The van der Waals surface area contributed by atoms with Crippen molar-refractivity contribution < 1.29 is 19.8 Å². The fourth-order valence-electron chi connectivity index (χ4n) is 1.18. The quantitative estimate of drug-likeness (QED) is 0.571. The van der Waals surface area contributed by atoms with Crippen molar-refractivity contribution in [1.82, 2.24) is 20.4 Å². The molecule has 0 spiro atoms. The van der Waals surface area contributed by atoms with Crippen LogP contribution in [0.2, 0.25) is 0 Å². The minimum absolute atomic E-state index is 0.0628. The first-order chi connectivity index (χ1) is 11.4. The molecule has 24 heavy (non-hydrogen) atoms. The lowest BCUT2D eigenvalue weighted by atomic mass is 10.2. The Hall–Kier alpha value is -3.30. The van der Waals surface area contributed by atoms with E-state index >= 15 is 0 Å². The van der Waals surface area contributed by atoms with E-state index in [1.807, 2.05) is 0 Å². The number of anilines is 2. The average molecular weight is 336 g/mol. The Kier molecular flexibility index (Phi) is 11.5. The van der Waals surface area contributed by atoms with Gasteiger partial charge in [0.1, 0.15) is 11.6 Å². The summed E-state index contributed by atoms with van der Waals surface area (Å²) in [7, 11) is 0. The summed E-state index contributed by atoms with van der Waals surface area (Å²) in [4.78, 5) is 19.8. The Bertz CT molecular complexity index is 529. The van der Waals surface area contributed by atoms with Gasteiger partial charge in [0.05, 0.1) is 0 Å². The number of nitrogens with two attached hydrogens (primary N) is 2. The van der Waals surface area contributed by atoms with E-state index in [1.54, 1.807) is 36.7 Å². The Morgan fingerprint density at radius 2 is 1.21 bits per heavy atom. The fraction of sp³-hybridized carbons (Fsp3) is 0.286. The number of aliphatic carboxylic acids is 2. The van der Waals surface area contributed by atoms with E-state index in [-0.39, 0.29) is 12.8 Å². The molecule has 0 bridgehead atoms. The molecule has 0 amide bonds. The minimum atomic E-state index is -0.870. The van der Waals surface area contributed by atoms with Crippen LogP contribution in [0.3, 0.4) is 0 Å². The lowest BCUT2D eigenvalue weighted by Crippen LogP contribution is -1.97. The van der Waals surface area contributed by atoms with Gasteiger partial charge in [0.2, 0.25) is 0 Å². The molecule has 0 aromatic carbocycles. The van der Waals surface area contributed by atoms with Gasteiger partial charge in [0, 0.05) is 25.2 Å². The van der Waals surface area contributed by atoms with E-state index in [0.29, 0.717) is 24.5 Å². The molecule has 2 aromatic rings. The zero-order valence-electron chi connectivity index (χ0n) is 12.9. The standard InChI is InChI=1S/C6H10O4.2C4H5N3/c7-5(8)3-1-2-4-6(9)10;2*5-4-2-1-3-6-7-4/h1-4H2,(H,7,8)(H,9,10);2*1-3H,(H2,5,7). The van der Waals surface area contributed by atoms with Gasteiger partial charge in [-0.15, -0.1) is 10.2 Å². The SMILES string of the molecule is Nc1cccnn1.Nc1cccnn1.O=C(O)CCCCC(=O)O. The van der Waals surface area contributed by atoms with Gasteiger partial charge < -0.3 is 21.7 Å². The molecule has 0 radical (unpaired) electrons. The van der Waals surface area contributed by atoms with Crippen molar-refractivity contribution >= 4 is 23.6 Å². The van der Waals surface area contributed by atoms with Crippen molar-refractivity contribution in [2.24, 2.45) is 0 Å². The molecule has 2 heterocycles. The van der Waals surface area contributed by atoms with Crippen LogP contribution in [0.5, 0.6) is 0 Å². The summed E-state index contributed by atoms with van der Waals surface area (Å²) in [5.74, 6) is -0.819. The number of hydrogen-bond acceptors (Lipinski definition) is 8. The van der Waals surface area contributed by atoms with Gasteiger partial charge in [-0.2, -0.15) is 10.2 Å². The highest BCUT2D eigenvalue weighted by atomic mass is 16.4. The van der Waals surface area contributed by atoms with Gasteiger partial charge in [-0.1, -0.05) is 0 Å². The van der Waals surface area contributed by atoms with Crippen LogP contribution in [0, 0.1) is 0 Å². The number of carbonyl (C=O) groups is 2. The van der Waals surface area contributed by atoms with Crippen LogP contribution in [0.1, 0.15) is 25.7 Å². The first-order valence-corrected chi connectivity index (χ1v) is 6.91. The van der Waals surface area contributed by atoms with E-state index in [4.69, 9.17) is 21.7 Å². The number of nitrogen functional groups attached to an aromatic ring is 2. The highest BCUT2D eigenvalue weighted by Gasteiger charge is 1.99. The Balaban J connectivity index is 0.000000337. The van der Waals surface area contributed by atoms with Crippen LogP contribution in [0.4, 0.5) is 11.6 Å². The predicted molar refractivity (Wildman–Crippen MR) is 86.6 cm³/mol. The molecule has 0 aliphatic rings. The minimum Gasteiger partial charge on any atom is -0.481 e. The number of nitrogens with zero attached hydrogens (tertiary/aromatic N) is 4. The number of hydrogen-bond donors (Lipinski definition) is 4. The van der Waals surface area contributed by atoms with E-state index in [9.17, 15) is 9.59 Å². The van der Waals surface area contributed by atoms with Crippen molar-refractivity contribution in [1.29, 1.82) is 0 Å². The molecule has 0 aliphatic heterocycles. The second-order valence-electron chi connectivity index (χ2n) is 4.29. The Morgan fingerprint density at radius 1 is 0.833 bits per heavy atom. The molecular formula is C14H20N6O4. The van der Waals surface area contributed by atoms with Gasteiger partial charge in [-0.05, 0) is 37.1 Å². The molecule has 0 saturated heterocycles. The summed E-state index contributed by atoms with van der Waals surface area (Å²) >= 11 is 0. The monoisotopic (exact) mass is 336 g/mol. The third-order valence-electron chi connectivity index (χ3n) is 2.22. The number of carboxylic acids is 2. The molecule has 2 aromatic heterocycles. The fourth-order valence-corrected chi connectivity index (χ4v) is 1.18. The molecule has 10 heteroatoms. The maximum Gasteiger partial charge on any atom is 0.303 e. The zero-order valence-corrected chi connectivity index (χ0v) is 12.9. The molecule has 0 aliphatic carbocycles. The van der Waals surface area contributed by atoms with Gasteiger partial charge in [-0.3, -0.25) is 9.59 Å². The van der Waals surface area contributed by atoms with E-state index in [1.165, 1.54) is 0 Å². The van der Waals surface area contributed by atoms with Crippen molar-refractivity contribution in [2.45, 2.75) is 25.7 Å². The molecule has 0 unspecified atom stereocenters. The van der Waals surface area contributed by atoms with Gasteiger partial charge in [0.15, 0.2) is 0 Å². The Morgan fingerprint density at radius 3 is 1.38 bits per heavy atom. The summed E-state index contributed by atoms with van der Waals surface area (Å²) < 4.78 is 0.